The average molecular weight is 550 g/mol. The van der Waals surface area contributed by atoms with Gasteiger partial charge in [0.15, 0.2) is 0 Å². The zero-order valence-electron chi connectivity index (χ0n) is 20.9. The minimum absolute atomic E-state index is 0. The normalized spacial score (nSPS) is 17.3. The number of hydrogen-bond donors (Lipinski definition) is 0. The van der Waals surface area contributed by atoms with E-state index in [4.69, 9.17) is 0 Å². The molecule has 180 valence electrons. The van der Waals surface area contributed by atoms with Crippen LogP contribution in [0.2, 0.25) is 16.4 Å². The van der Waals surface area contributed by atoms with Gasteiger partial charge in [-0.3, -0.25) is 0 Å². The molecular weight excluding hydrogens is 507 g/mol. The Labute approximate surface area is 230 Å². The van der Waals surface area contributed by atoms with Crippen molar-refractivity contribution in [3.63, 3.8) is 0 Å². The zero-order chi connectivity index (χ0) is 21.3. The Morgan fingerprint density at radius 1 is 0.750 bits per heavy atom. The Hall–Kier alpha value is 0.501. The summed E-state index contributed by atoms with van der Waals surface area (Å²) in [5.41, 5.74) is 4.82. The first kappa shape index (κ1) is 34.7. The Kier molecular flexibility index (Phi) is 18.4. The zero-order valence-corrected chi connectivity index (χ0v) is 25.7. The summed E-state index contributed by atoms with van der Waals surface area (Å²) in [5, 5.41) is 1.67. The quantitative estimate of drug-likeness (QED) is 0.219. The van der Waals surface area contributed by atoms with Crippen LogP contribution in [0.4, 0.5) is 0 Å². The van der Waals surface area contributed by atoms with Crippen LogP contribution in [0, 0.1) is 0 Å². The van der Waals surface area contributed by atoms with Crippen molar-refractivity contribution < 1.29 is 57.7 Å². The van der Waals surface area contributed by atoms with Gasteiger partial charge < -0.3 is 37.2 Å². The summed E-state index contributed by atoms with van der Waals surface area (Å²) >= 11 is 2.51. The number of halogens is 3. The van der Waals surface area contributed by atoms with Crippen molar-refractivity contribution in [3.05, 3.63) is 53.1 Å². The standard InChI is InChI=1S/C27H43Si.3ClH.Ti/c1-6-9-11-13-16-23-20-24(17-14-12-10-7-2)22-26(21-23)28(4,5)27-19-15-18-25(27)8-3;;;;/h15,18-22H,6-14,16-17H2,1-5H3;3*1H;/q;;;;+3/p-3. The van der Waals surface area contributed by atoms with E-state index in [0.29, 0.717) is 0 Å². The van der Waals surface area contributed by atoms with Crippen LogP contribution in [-0.2, 0) is 33.3 Å². The fourth-order valence-electron chi connectivity index (χ4n) is 4.71. The van der Waals surface area contributed by atoms with E-state index in [0.717, 1.165) is 0 Å². The van der Waals surface area contributed by atoms with Gasteiger partial charge in [-0.2, -0.15) is 0 Å². The summed E-state index contributed by atoms with van der Waals surface area (Å²) in [6.45, 7) is 12.1. The molecule has 0 nitrogen and oxygen atoms in total. The number of rotatable bonds is 13. The number of unbranched alkanes of at least 4 members (excludes halogenated alkanes) is 6. The van der Waals surface area contributed by atoms with E-state index < -0.39 is 8.07 Å². The molecule has 1 aromatic carbocycles. The molecule has 0 aliphatic heterocycles. The number of benzene rings is 1. The first-order valence-corrected chi connectivity index (χ1v) is 15.9. The van der Waals surface area contributed by atoms with Crippen LogP contribution in [0.25, 0.3) is 0 Å². The minimum Gasteiger partial charge on any atom is -1.00 e. The van der Waals surface area contributed by atoms with Gasteiger partial charge in [0.25, 0.3) is 0 Å². The summed E-state index contributed by atoms with van der Waals surface area (Å²) in [6.07, 6.45) is 21.7. The average Bonchev–Trinajstić information content (AvgIpc) is 3.11. The van der Waals surface area contributed by atoms with Crippen LogP contribution in [0.15, 0.2) is 42.0 Å². The van der Waals surface area contributed by atoms with E-state index in [1.54, 1.807) is 21.9 Å². The molecule has 1 aliphatic rings. The number of hydrogen-bond acceptors (Lipinski definition) is 0. The molecule has 1 aromatic rings. The van der Waals surface area contributed by atoms with Crippen LogP contribution in [-0.4, -0.2) is 8.07 Å². The van der Waals surface area contributed by atoms with Gasteiger partial charge in [0, 0.05) is 0 Å². The van der Waals surface area contributed by atoms with E-state index in [1.807, 2.05) is 0 Å². The molecule has 0 aromatic heterocycles. The Morgan fingerprint density at radius 2 is 1.25 bits per heavy atom. The van der Waals surface area contributed by atoms with Gasteiger partial charge in [-0.05, 0) is 0 Å². The van der Waals surface area contributed by atoms with Gasteiger partial charge in [0.05, 0.1) is 0 Å². The second-order valence-electron chi connectivity index (χ2n) is 9.50. The van der Waals surface area contributed by atoms with Crippen molar-refractivity contribution in [1.82, 2.24) is 0 Å². The van der Waals surface area contributed by atoms with Crippen LogP contribution in [0.1, 0.15) is 89.7 Å². The first-order chi connectivity index (χ1) is 13.9. The van der Waals surface area contributed by atoms with Crippen molar-refractivity contribution in [2.45, 2.75) is 108 Å². The molecule has 0 saturated carbocycles. The third kappa shape index (κ3) is 8.94. The Balaban J connectivity index is 0. The third-order valence-electron chi connectivity index (χ3n) is 6.93. The van der Waals surface area contributed by atoms with Crippen LogP contribution < -0.4 is 42.4 Å². The Morgan fingerprint density at radius 3 is 1.69 bits per heavy atom. The smallest absolute Gasteiger partial charge is 1.00 e. The fraction of sp³-hybridized carbons (Fsp3) is 0.630. The third-order valence-corrected chi connectivity index (χ3v) is 14.8. The monoisotopic (exact) mass is 548 g/mol. The summed E-state index contributed by atoms with van der Waals surface area (Å²) in [5.74, 6) is 0. The van der Waals surface area contributed by atoms with E-state index in [9.17, 15) is 0 Å². The molecule has 0 N–H and O–H groups in total. The van der Waals surface area contributed by atoms with Gasteiger partial charge in [0.2, 0.25) is 0 Å². The van der Waals surface area contributed by atoms with E-state index in [1.165, 1.54) is 70.6 Å². The summed E-state index contributed by atoms with van der Waals surface area (Å²) in [6, 6.07) is 7.73. The molecule has 5 heteroatoms. The van der Waals surface area contributed by atoms with Crippen LogP contribution in [0.5, 0.6) is 0 Å². The first-order valence-electron chi connectivity index (χ1n) is 12.2. The summed E-state index contributed by atoms with van der Waals surface area (Å²) in [7, 11) is -1.68. The minimum atomic E-state index is -1.68. The molecule has 0 bridgehead atoms. The topological polar surface area (TPSA) is 0 Å². The van der Waals surface area contributed by atoms with Crippen molar-refractivity contribution in [3.8, 4) is 0 Å². The molecule has 0 spiro atoms. The van der Waals surface area contributed by atoms with Crippen LogP contribution >= 0.6 is 0 Å². The number of allylic oxidation sites excluding steroid dienone is 4. The summed E-state index contributed by atoms with van der Waals surface area (Å²) < 4.78 is 0.252. The van der Waals surface area contributed by atoms with Crippen molar-refractivity contribution >= 4 is 13.3 Å². The van der Waals surface area contributed by atoms with Crippen molar-refractivity contribution in [2.24, 2.45) is 0 Å². The van der Waals surface area contributed by atoms with Gasteiger partial charge >= 0.3 is 195 Å². The molecular formula is C27H43Cl3SiTi. The SMILES string of the molecule is CCCCCCc1cc(CCCCCC)cc([Si](C)(C)[C]2([Ti+3])C=CC=C2CC)c1.[Cl-].[Cl-].[Cl-]. The second-order valence-corrected chi connectivity index (χ2v) is 16.1. The molecule has 1 atom stereocenters. The molecule has 1 aliphatic carbocycles. The predicted molar refractivity (Wildman–Crippen MR) is 129 cm³/mol. The maximum Gasteiger partial charge on any atom is -1.00 e. The summed E-state index contributed by atoms with van der Waals surface area (Å²) in [4.78, 5) is 0. The van der Waals surface area contributed by atoms with Crippen molar-refractivity contribution in [2.75, 3.05) is 0 Å². The molecule has 0 fully saturated rings. The molecule has 0 radical (unpaired) electrons. The van der Waals surface area contributed by atoms with Gasteiger partial charge in [-0.25, -0.2) is 0 Å². The van der Waals surface area contributed by atoms with Crippen molar-refractivity contribution in [1.29, 1.82) is 0 Å². The molecule has 0 amide bonds. The maximum atomic E-state index is 2.60. The Bertz CT molecular complexity index is 685. The van der Waals surface area contributed by atoms with Gasteiger partial charge in [-0.1, -0.05) is 0 Å². The van der Waals surface area contributed by atoms with Crippen LogP contribution in [0.3, 0.4) is 0 Å². The largest absolute Gasteiger partial charge is 1.00 e. The predicted octanol–water partition coefficient (Wildman–Crippen LogP) is -0.989. The van der Waals surface area contributed by atoms with Gasteiger partial charge in [-0.15, -0.1) is 0 Å². The van der Waals surface area contributed by atoms with Gasteiger partial charge in [0.1, 0.15) is 0 Å². The maximum absolute atomic E-state index is 2.60. The molecule has 1 unspecified atom stereocenters. The van der Waals surface area contributed by atoms with E-state index in [2.05, 4.69) is 90.7 Å². The van der Waals surface area contributed by atoms with E-state index in [-0.39, 0.29) is 40.6 Å². The second kappa shape index (κ2) is 17.0. The fourth-order valence-corrected chi connectivity index (χ4v) is 9.06. The molecule has 0 saturated heterocycles. The molecule has 32 heavy (non-hydrogen) atoms. The number of aryl methyl sites for hydroxylation is 2. The van der Waals surface area contributed by atoms with E-state index >= 15 is 0 Å². The molecule has 0 heterocycles. The molecule has 2 rings (SSSR count).